The van der Waals surface area contributed by atoms with Crippen LogP contribution in [0.15, 0.2) is 59.3 Å². The molecule has 0 N–H and O–H groups in total. The highest BCUT2D eigenvalue weighted by Gasteiger charge is 2.42. The predicted molar refractivity (Wildman–Crippen MR) is 107 cm³/mol. The summed E-state index contributed by atoms with van der Waals surface area (Å²) < 4.78 is 19.4. The van der Waals surface area contributed by atoms with Gasteiger partial charge in [-0.1, -0.05) is 18.2 Å². The number of rotatable bonds is 4. The van der Waals surface area contributed by atoms with Crippen LogP contribution in [0.3, 0.4) is 0 Å². The van der Waals surface area contributed by atoms with Crippen LogP contribution in [-0.4, -0.2) is 23.6 Å². The number of hydrogen-bond acceptors (Lipinski definition) is 4. The topological polar surface area (TPSA) is 41.9 Å². The summed E-state index contributed by atoms with van der Waals surface area (Å²) in [6, 6.07) is 12.6. The minimum Gasteiger partial charge on any atom is -0.497 e. The maximum Gasteiger partial charge on any atom is 0.154 e. The van der Waals surface area contributed by atoms with E-state index in [1.807, 2.05) is 30.1 Å². The van der Waals surface area contributed by atoms with Gasteiger partial charge in [0.05, 0.1) is 18.9 Å². The van der Waals surface area contributed by atoms with Crippen LogP contribution >= 0.6 is 0 Å². The zero-order valence-corrected chi connectivity index (χ0v) is 16.3. The van der Waals surface area contributed by atoms with Gasteiger partial charge in [0.1, 0.15) is 11.6 Å². The maximum absolute atomic E-state index is 14.0. The smallest absolute Gasteiger partial charge is 0.154 e. The first-order valence-electron chi connectivity index (χ1n) is 9.47. The third kappa shape index (κ3) is 3.21. The van der Waals surface area contributed by atoms with Crippen LogP contribution < -0.4 is 4.74 Å². The van der Waals surface area contributed by atoms with Crippen molar-refractivity contribution >= 4 is 11.5 Å². The molecule has 1 aliphatic carbocycles. The number of aryl methyl sites for hydroxylation is 1. The lowest BCUT2D eigenvalue weighted by molar-refractivity contribution is -0.112. The lowest BCUT2D eigenvalue weighted by Crippen LogP contribution is -2.28. The van der Waals surface area contributed by atoms with Crippen LogP contribution in [0.2, 0.25) is 0 Å². The normalized spacial score (nSPS) is 21.1. The predicted octanol–water partition coefficient (Wildman–Crippen LogP) is 4.65. The van der Waals surface area contributed by atoms with Gasteiger partial charge in [0.25, 0.3) is 0 Å². The van der Waals surface area contributed by atoms with Crippen LogP contribution in [0.4, 0.5) is 4.39 Å². The molecule has 0 fully saturated rings. The zero-order chi connectivity index (χ0) is 19.8. The van der Waals surface area contributed by atoms with Crippen molar-refractivity contribution in [3.8, 4) is 5.75 Å². The summed E-state index contributed by atoms with van der Waals surface area (Å²) in [5.41, 5.74) is 4.92. The van der Waals surface area contributed by atoms with E-state index < -0.39 is 0 Å². The molecule has 1 aliphatic heterocycles. The van der Waals surface area contributed by atoms with Gasteiger partial charge in [-0.15, -0.1) is 0 Å². The Bertz CT molecular complexity index is 996. The molecule has 2 aliphatic rings. The van der Waals surface area contributed by atoms with Gasteiger partial charge in [-0.2, -0.15) is 5.10 Å². The highest BCUT2D eigenvalue weighted by molar-refractivity contribution is 6.06. The molecule has 2 atom stereocenters. The standard InChI is InChI=1S/C23H23FN2O2/c1-14(11-15(2)27)26-23(17-5-4-6-18(24)12-17)20-10-8-16-7-9-19(28-3)13-21(16)22(20)25-26/h4-7,9,11-13,20,23H,8,10H2,1-3H3/b14-11+. The van der Waals surface area contributed by atoms with E-state index in [9.17, 15) is 9.18 Å². The van der Waals surface area contributed by atoms with Gasteiger partial charge >= 0.3 is 0 Å². The summed E-state index contributed by atoms with van der Waals surface area (Å²) in [7, 11) is 1.65. The highest BCUT2D eigenvalue weighted by atomic mass is 19.1. The lowest BCUT2D eigenvalue weighted by atomic mass is 9.77. The molecule has 0 saturated heterocycles. The Hall–Kier alpha value is -2.95. The van der Waals surface area contributed by atoms with Gasteiger partial charge in [-0.05, 0) is 62.1 Å². The second-order valence-corrected chi connectivity index (χ2v) is 7.39. The highest BCUT2D eigenvalue weighted by Crippen LogP contribution is 2.45. The van der Waals surface area contributed by atoms with Gasteiger partial charge in [-0.25, -0.2) is 4.39 Å². The number of benzene rings is 2. The summed E-state index contributed by atoms with van der Waals surface area (Å²) in [6.45, 7) is 3.40. The van der Waals surface area contributed by atoms with Crippen LogP contribution in [0.5, 0.6) is 5.75 Å². The number of ether oxygens (including phenoxy) is 1. The van der Waals surface area contributed by atoms with Gasteiger partial charge in [-0.3, -0.25) is 9.80 Å². The van der Waals surface area contributed by atoms with Crippen molar-refractivity contribution in [3.63, 3.8) is 0 Å². The number of hydrogen-bond donors (Lipinski definition) is 0. The van der Waals surface area contributed by atoms with Crippen molar-refractivity contribution in [2.45, 2.75) is 32.7 Å². The maximum atomic E-state index is 14.0. The monoisotopic (exact) mass is 378 g/mol. The first-order valence-corrected chi connectivity index (χ1v) is 9.47. The quantitative estimate of drug-likeness (QED) is 0.727. The van der Waals surface area contributed by atoms with Crippen molar-refractivity contribution < 1.29 is 13.9 Å². The molecule has 2 aromatic rings. The fourth-order valence-corrected chi connectivity index (χ4v) is 4.29. The Balaban J connectivity index is 1.84. The Morgan fingerprint density at radius 2 is 2.07 bits per heavy atom. The fraction of sp³-hybridized carbons (Fsp3) is 0.304. The van der Waals surface area contributed by atoms with E-state index in [2.05, 4.69) is 6.07 Å². The summed E-state index contributed by atoms with van der Waals surface area (Å²) in [6.07, 6.45) is 3.43. The third-order valence-corrected chi connectivity index (χ3v) is 5.49. The van der Waals surface area contributed by atoms with Crippen molar-refractivity contribution in [1.29, 1.82) is 0 Å². The van der Waals surface area contributed by atoms with Gasteiger partial charge < -0.3 is 4.74 Å². The second-order valence-electron chi connectivity index (χ2n) is 7.39. The zero-order valence-electron chi connectivity index (χ0n) is 16.3. The molecule has 5 heteroatoms. The lowest BCUT2D eigenvalue weighted by Gasteiger charge is -2.31. The molecule has 2 unspecified atom stereocenters. The molecular formula is C23H23FN2O2. The van der Waals surface area contributed by atoms with E-state index in [4.69, 9.17) is 9.84 Å². The molecule has 0 amide bonds. The minimum atomic E-state index is -0.267. The van der Waals surface area contributed by atoms with Gasteiger partial charge in [0.2, 0.25) is 0 Å². The Morgan fingerprint density at radius 1 is 1.25 bits per heavy atom. The SMILES string of the molecule is COc1ccc2c(c1)C1=NN(/C(C)=C/C(C)=O)C(c3cccc(F)c3)C1CC2. The van der Waals surface area contributed by atoms with Gasteiger partial charge in [0, 0.05) is 23.3 Å². The Labute approximate surface area is 164 Å². The van der Waals surface area contributed by atoms with Crippen LogP contribution in [0.1, 0.15) is 43.0 Å². The number of allylic oxidation sites excluding steroid dienone is 2. The molecule has 0 saturated carbocycles. The van der Waals surface area contributed by atoms with Crippen LogP contribution in [0.25, 0.3) is 0 Å². The average molecular weight is 378 g/mol. The van der Waals surface area contributed by atoms with E-state index in [0.29, 0.717) is 0 Å². The number of nitrogens with zero attached hydrogens (tertiary/aromatic N) is 2. The molecule has 0 spiro atoms. The average Bonchev–Trinajstić information content (AvgIpc) is 3.07. The number of carbonyl (C=O) groups is 1. The summed E-state index contributed by atoms with van der Waals surface area (Å²) in [5.74, 6) is 0.611. The minimum absolute atomic E-state index is 0.0346. The molecule has 4 rings (SSSR count). The van der Waals surface area contributed by atoms with Crippen molar-refractivity contribution in [2.75, 3.05) is 7.11 Å². The number of hydrazone groups is 1. The molecular weight excluding hydrogens is 355 g/mol. The van der Waals surface area contributed by atoms with Crippen molar-refractivity contribution in [1.82, 2.24) is 5.01 Å². The number of carbonyl (C=O) groups excluding carboxylic acids is 1. The fourth-order valence-electron chi connectivity index (χ4n) is 4.29. The molecule has 0 bridgehead atoms. The largest absolute Gasteiger partial charge is 0.497 e. The number of fused-ring (bicyclic) bond motifs is 3. The van der Waals surface area contributed by atoms with Crippen molar-refractivity contribution in [2.24, 2.45) is 11.0 Å². The molecule has 0 radical (unpaired) electrons. The molecule has 2 aromatic carbocycles. The summed E-state index contributed by atoms with van der Waals surface area (Å²) in [4.78, 5) is 11.7. The molecule has 1 heterocycles. The number of ketones is 1. The first kappa shape index (κ1) is 18.4. The number of methoxy groups -OCH3 is 1. The summed E-state index contributed by atoms with van der Waals surface area (Å²) >= 11 is 0. The molecule has 144 valence electrons. The molecule has 4 nitrogen and oxygen atoms in total. The van der Waals surface area contributed by atoms with E-state index in [-0.39, 0.29) is 23.6 Å². The van der Waals surface area contributed by atoms with Crippen molar-refractivity contribution in [3.05, 3.63) is 76.7 Å². The first-order chi connectivity index (χ1) is 13.5. The second kappa shape index (κ2) is 7.23. The van der Waals surface area contributed by atoms with Gasteiger partial charge in [0.15, 0.2) is 5.78 Å². The van der Waals surface area contributed by atoms with Crippen LogP contribution in [0, 0.1) is 11.7 Å². The van der Waals surface area contributed by atoms with Crippen LogP contribution in [-0.2, 0) is 11.2 Å². The summed E-state index contributed by atoms with van der Waals surface area (Å²) in [5, 5.41) is 6.80. The van der Waals surface area contributed by atoms with E-state index in [0.717, 1.165) is 41.1 Å². The third-order valence-electron chi connectivity index (χ3n) is 5.49. The molecule has 0 aromatic heterocycles. The molecule has 28 heavy (non-hydrogen) atoms. The van der Waals surface area contributed by atoms with E-state index in [1.165, 1.54) is 18.6 Å². The van der Waals surface area contributed by atoms with E-state index in [1.54, 1.807) is 25.3 Å². The Morgan fingerprint density at radius 3 is 2.79 bits per heavy atom. The number of halogens is 1. The van der Waals surface area contributed by atoms with E-state index >= 15 is 0 Å². The Kier molecular flexibility index (Phi) is 4.75.